The van der Waals surface area contributed by atoms with Crippen molar-refractivity contribution in [2.24, 2.45) is 0 Å². The van der Waals surface area contributed by atoms with Gasteiger partial charge in [-0.05, 0) is 36.6 Å². The number of carbonyl (C=O) groups excluding carboxylic acids is 1. The van der Waals surface area contributed by atoms with Crippen LogP contribution in [0.1, 0.15) is 31.0 Å². The molecule has 0 saturated carbocycles. The molecule has 0 radical (unpaired) electrons. The lowest BCUT2D eigenvalue weighted by Crippen LogP contribution is -2.49. The predicted octanol–water partition coefficient (Wildman–Crippen LogP) is 3.30. The highest BCUT2D eigenvalue weighted by molar-refractivity contribution is 6.30. The second-order valence-corrected chi connectivity index (χ2v) is 7.42. The molecule has 1 aromatic carbocycles. The normalized spacial score (nSPS) is 16.2. The zero-order chi connectivity index (χ0) is 19.2. The average Bonchev–Trinajstić information content (AvgIpc) is 2.69. The summed E-state index contributed by atoms with van der Waals surface area (Å²) < 4.78 is 0. The summed E-state index contributed by atoms with van der Waals surface area (Å²) in [7, 11) is 0. The lowest BCUT2D eigenvalue weighted by atomic mass is 10.1. The summed E-state index contributed by atoms with van der Waals surface area (Å²) in [5.41, 5.74) is 2.45. The van der Waals surface area contributed by atoms with Gasteiger partial charge in [-0.1, -0.05) is 42.8 Å². The molecule has 1 fully saturated rings. The average molecular weight is 387 g/mol. The number of rotatable bonds is 6. The van der Waals surface area contributed by atoms with E-state index in [-0.39, 0.29) is 11.9 Å². The van der Waals surface area contributed by atoms with Crippen molar-refractivity contribution in [3.8, 4) is 0 Å². The van der Waals surface area contributed by atoms with Gasteiger partial charge in [-0.2, -0.15) is 0 Å². The Labute approximate surface area is 166 Å². The molecule has 0 aliphatic carbocycles. The maximum atomic E-state index is 12.4. The van der Waals surface area contributed by atoms with Crippen LogP contribution in [-0.4, -0.2) is 48.5 Å². The summed E-state index contributed by atoms with van der Waals surface area (Å²) in [5.74, 6) is 1.01. The Morgan fingerprint density at radius 1 is 1.15 bits per heavy atom. The lowest BCUT2D eigenvalue weighted by Gasteiger charge is -2.35. The Morgan fingerprint density at radius 3 is 2.44 bits per heavy atom. The van der Waals surface area contributed by atoms with Gasteiger partial charge in [-0.15, -0.1) is 0 Å². The lowest BCUT2D eigenvalue weighted by molar-refractivity contribution is -0.123. The number of piperazine rings is 1. The van der Waals surface area contributed by atoms with Gasteiger partial charge in [0.15, 0.2) is 0 Å². The number of nitrogens with one attached hydrogen (secondary N) is 1. The van der Waals surface area contributed by atoms with Gasteiger partial charge in [0.2, 0.25) is 5.91 Å². The topological polar surface area (TPSA) is 48.5 Å². The molecule has 1 atom stereocenters. The van der Waals surface area contributed by atoms with E-state index in [4.69, 9.17) is 11.6 Å². The number of nitrogens with zero attached hydrogens (tertiary/aromatic N) is 3. The molecule has 1 aromatic heterocycles. The molecular formula is C21H27ClN4O. The fourth-order valence-corrected chi connectivity index (χ4v) is 3.42. The number of carbonyl (C=O) groups is 1. The number of anilines is 1. The van der Waals surface area contributed by atoms with Crippen molar-refractivity contribution in [2.75, 3.05) is 37.6 Å². The molecule has 5 nitrogen and oxygen atoms in total. The molecule has 27 heavy (non-hydrogen) atoms. The Bertz CT molecular complexity index is 740. The largest absolute Gasteiger partial charge is 0.354 e. The van der Waals surface area contributed by atoms with Crippen molar-refractivity contribution in [3.63, 3.8) is 0 Å². The van der Waals surface area contributed by atoms with E-state index in [1.54, 1.807) is 6.20 Å². The van der Waals surface area contributed by atoms with Gasteiger partial charge in [0.25, 0.3) is 0 Å². The van der Waals surface area contributed by atoms with Crippen LogP contribution in [0.3, 0.4) is 0 Å². The first-order chi connectivity index (χ1) is 13.0. The third-order valence-corrected chi connectivity index (χ3v) is 5.26. The minimum atomic E-state index is 0.0166. The molecule has 3 rings (SSSR count). The zero-order valence-electron chi connectivity index (χ0n) is 16.0. The van der Waals surface area contributed by atoms with Crippen LogP contribution in [0, 0.1) is 0 Å². The molecule has 1 amide bonds. The molecule has 2 aromatic rings. The van der Waals surface area contributed by atoms with Crippen molar-refractivity contribution >= 4 is 23.3 Å². The number of hydrogen-bond acceptors (Lipinski definition) is 4. The number of hydrogen-bond donors (Lipinski definition) is 1. The van der Waals surface area contributed by atoms with Crippen molar-refractivity contribution in [1.29, 1.82) is 0 Å². The fraction of sp³-hybridized carbons (Fsp3) is 0.429. The molecular weight excluding hydrogens is 360 g/mol. The molecule has 0 bridgehead atoms. The smallest absolute Gasteiger partial charge is 0.234 e. The molecule has 144 valence electrons. The van der Waals surface area contributed by atoms with Gasteiger partial charge in [-0.3, -0.25) is 9.69 Å². The van der Waals surface area contributed by atoms with Gasteiger partial charge >= 0.3 is 0 Å². The summed E-state index contributed by atoms with van der Waals surface area (Å²) in [6, 6.07) is 12.3. The second kappa shape index (κ2) is 9.20. The van der Waals surface area contributed by atoms with E-state index in [2.05, 4.69) is 51.3 Å². The second-order valence-electron chi connectivity index (χ2n) is 6.98. The molecule has 1 unspecified atom stereocenters. The first-order valence-electron chi connectivity index (χ1n) is 9.52. The number of benzene rings is 1. The number of aryl methyl sites for hydroxylation is 1. The van der Waals surface area contributed by atoms with E-state index in [1.165, 1.54) is 5.56 Å². The molecule has 1 saturated heterocycles. The van der Waals surface area contributed by atoms with E-state index in [0.717, 1.165) is 44.0 Å². The Morgan fingerprint density at radius 2 is 1.85 bits per heavy atom. The molecule has 0 spiro atoms. The van der Waals surface area contributed by atoms with Crippen LogP contribution in [0.2, 0.25) is 5.02 Å². The highest BCUT2D eigenvalue weighted by Crippen LogP contribution is 2.17. The summed E-state index contributed by atoms with van der Waals surface area (Å²) in [6.45, 7) is 8.01. The predicted molar refractivity (Wildman–Crippen MR) is 110 cm³/mol. The summed E-state index contributed by atoms with van der Waals surface area (Å²) in [6.07, 6.45) is 2.70. The molecule has 1 aliphatic heterocycles. The Balaban J connectivity index is 1.45. The number of aromatic nitrogens is 1. The third kappa shape index (κ3) is 5.44. The van der Waals surface area contributed by atoms with Crippen molar-refractivity contribution in [3.05, 3.63) is 58.7 Å². The maximum Gasteiger partial charge on any atom is 0.234 e. The van der Waals surface area contributed by atoms with E-state index in [1.807, 2.05) is 19.1 Å². The van der Waals surface area contributed by atoms with Crippen LogP contribution >= 0.6 is 11.6 Å². The van der Waals surface area contributed by atoms with E-state index in [9.17, 15) is 4.79 Å². The number of pyridine rings is 1. The first kappa shape index (κ1) is 19.6. The van der Waals surface area contributed by atoms with Gasteiger partial charge in [-0.25, -0.2) is 4.98 Å². The Hall–Kier alpha value is -2.11. The van der Waals surface area contributed by atoms with Gasteiger partial charge in [0.1, 0.15) is 5.82 Å². The summed E-state index contributed by atoms with van der Waals surface area (Å²) in [4.78, 5) is 21.2. The highest BCUT2D eigenvalue weighted by Gasteiger charge is 2.20. The molecule has 1 aliphatic rings. The van der Waals surface area contributed by atoms with E-state index < -0.39 is 0 Å². The molecule has 2 heterocycles. The third-order valence-electron chi connectivity index (χ3n) is 5.04. The van der Waals surface area contributed by atoms with Crippen LogP contribution in [0.25, 0.3) is 0 Å². The van der Waals surface area contributed by atoms with Gasteiger partial charge in [0.05, 0.1) is 17.6 Å². The van der Waals surface area contributed by atoms with Crippen LogP contribution in [-0.2, 0) is 11.2 Å². The van der Waals surface area contributed by atoms with Crippen LogP contribution in [0.4, 0.5) is 5.82 Å². The minimum Gasteiger partial charge on any atom is -0.354 e. The number of amides is 1. The summed E-state index contributed by atoms with van der Waals surface area (Å²) >= 11 is 5.90. The SMILES string of the molecule is CCc1ccc(C(C)NC(=O)CN2CCN(c3ccc(Cl)cn3)CC2)cc1. The van der Waals surface area contributed by atoms with Crippen LogP contribution in [0.5, 0.6) is 0 Å². The Kier molecular flexibility index (Phi) is 6.69. The van der Waals surface area contributed by atoms with Crippen LogP contribution in [0.15, 0.2) is 42.6 Å². The zero-order valence-corrected chi connectivity index (χ0v) is 16.7. The minimum absolute atomic E-state index is 0.0166. The monoisotopic (exact) mass is 386 g/mol. The fourth-order valence-electron chi connectivity index (χ4n) is 3.31. The quantitative estimate of drug-likeness (QED) is 0.827. The highest BCUT2D eigenvalue weighted by atomic mass is 35.5. The molecule has 1 N–H and O–H groups in total. The standard InChI is InChI=1S/C21H27ClN4O/c1-3-17-4-6-18(7-5-17)16(2)24-21(27)15-25-10-12-26(13-11-25)20-9-8-19(22)14-23-20/h4-9,14,16H,3,10-13,15H2,1-2H3,(H,24,27). The van der Waals surface area contributed by atoms with Crippen molar-refractivity contribution < 1.29 is 4.79 Å². The number of halogens is 1. The molecule has 6 heteroatoms. The van der Waals surface area contributed by atoms with Crippen molar-refractivity contribution in [1.82, 2.24) is 15.2 Å². The van der Waals surface area contributed by atoms with E-state index in [0.29, 0.717) is 11.6 Å². The van der Waals surface area contributed by atoms with Crippen molar-refractivity contribution in [2.45, 2.75) is 26.3 Å². The summed E-state index contributed by atoms with van der Waals surface area (Å²) in [5, 5.41) is 3.75. The van der Waals surface area contributed by atoms with Gasteiger partial charge in [0, 0.05) is 32.4 Å². The van der Waals surface area contributed by atoms with Crippen LogP contribution < -0.4 is 10.2 Å². The first-order valence-corrected chi connectivity index (χ1v) is 9.90. The van der Waals surface area contributed by atoms with E-state index >= 15 is 0 Å². The van der Waals surface area contributed by atoms with Gasteiger partial charge < -0.3 is 10.2 Å². The maximum absolute atomic E-state index is 12.4.